The first-order chi connectivity index (χ1) is 8.13. The Morgan fingerprint density at radius 2 is 2.12 bits per heavy atom. The number of thiazole rings is 1. The van der Waals surface area contributed by atoms with Gasteiger partial charge in [-0.1, -0.05) is 45.5 Å². The molecule has 0 aliphatic heterocycles. The third-order valence-electron chi connectivity index (χ3n) is 2.29. The van der Waals surface area contributed by atoms with Crippen molar-refractivity contribution in [2.45, 2.75) is 6.92 Å². The minimum Gasteiger partial charge on any atom is -0.365 e. The summed E-state index contributed by atoms with van der Waals surface area (Å²) in [5.74, 6) is -0.0199. The molecule has 2 aromatic rings. The Labute approximate surface area is 112 Å². The number of hydrogen-bond acceptors (Lipinski definition) is 4. The van der Waals surface area contributed by atoms with Crippen molar-refractivity contribution in [3.05, 3.63) is 34.4 Å². The van der Waals surface area contributed by atoms with Crippen LogP contribution in [0.15, 0.2) is 28.7 Å². The van der Waals surface area contributed by atoms with Gasteiger partial charge in [-0.2, -0.15) is 0 Å². The lowest BCUT2D eigenvalue weighted by Crippen LogP contribution is -1.96. The minimum atomic E-state index is -0.0199. The van der Waals surface area contributed by atoms with E-state index in [1.54, 1.807) is 7.05 Å². The van der Waals surface area contributed by atoms with Crippen molar-refractivity contribution in [1.82, 2.24) is 4.98 Å². The lowest BCUT2D eigenvalue weighted by molar-refractivity contribution is 0.101. The number of Topliss-reactive ketones (excluding diaryl/α,β-unsaturated/α-hetero) is 1. The van der Waals surface area contributed by atoms with Gasteiger partial charge in [0.1, 0.15) is 5.69 Å². The van der Waals surface area contributed by atoms with Crippen LogP contribution in [0.25, 0.3) is 10.4 Å². The number of aromatic nitrogens is 1. The van der Waals surface area contributed by atoms with Crippen LogP contribution in [0.2, 0.25) is 0 Å². The van der Waals surface area contributed by atoms with Crippen LogP contribution in [0, 0.1) is 0 Å². The van der Waals surface area contributed by atoms with Crippen molar-refractivity contribution in [2.75, 3.05) is 12.4 Å². The number of carbonyl (C=O) groups excluding carboxylic acids is 1. The fourth-order valence-electron chi connectivity index (χ4n) is 1.49. The molecule has 17 heavy (non-hydrogen) atoms. The Balaban J connectivity index is 2.62. The number of anilines is 1. The SMILES string of the molecule is CNc1nc(C(C)=O)c(-c2ccccc2Br)s1. The highest BCUT2D eigenvalue weighted by Gasteiger charge is 2.17. The fraction of sp³-hybridized carbons (Fsp3) is 0.167. The second-order valence-corrected chi connectivity index (χ2v) is 5.34. The van der Waals surface area contributed by atoms with Gasteiger partial charge in [0.25, 0.3) is 0 Å². The van der Waals surface area contributed by atoms with Crippen LogP contribution in [-0.4, -0.2) is 17.8 Å². The molecule has 1 heterocycles. The first-order valence-corrected chi connectivity index (χ1v) is 6.69. The fourth-order valence-corrected chi connectivity index (χ4v) is 3.11. The predicted molar refractivity (Wildman–Crippen MR) is 74.8 cm³/mol. The number of benzene rings is 1. The molecular weight excluding hydrogens is 300 g/mol. The van der Waals surface area contributed by atoms with Gasteiger partial charge in [-0.15, -0.1) is 0 Å². The maximum Gasteiger partial charge on any atom is 0.183 e. The zero-order valence-electron chi connectivity index (χ0n) is 9.45. The Hall–Kier alpha value is -1.20. The van der Waals surface area contributed by atoms with E-state index in [2.05, 4.69) is 26.2 Å². The lowest BCUT2D eigenvalue weighted by Gasteiger charge is -2.01. The highest BCUT2D eigenvalue weighted by Crippen LogP contribution is 2.37. The summed E-state index contributed by atoms with van der Waals surface area (Å²) in [5, 5.41) is 3.72. The molecule has 5 heteroatoms. The Bertz CT molecular complexity index is 565. The summed E-state index contributed by atoms with van der Waals surface area (Å²) >= 11 is 4.98. The standard InChI is InChI=1S/C12H11BrN2OS/c1-7(16)10-11(17-12(14-2)15-10)8-5-3-4-6-9(8)13/h3-6H,1-2H3,(H,14,15). The molecule has 0 fully saturated rings. The topological polar surface area (TPSA) is 42.0 Å². The Morgan fingerprint density at radius 1 is 1.41 bits per heavy atom. The zero-order chi connectivity index (χ0) is 12.4. The molecule has 0 spiro atoms. The molecule has 3 nitrogen and oxygen atoms in total. The molecule has 1 aromatic heterocycles. The molecule has 0 aliphatic rings. The van der Waals surface area contributed by atoms with Crippen LogP contribution in [0.4, 0.5) is 5.13 Å². The van der Waals surface area contributed by atoms with E-state index in [9.17, 15) is 4.79 Å². The summed E-state index contributed by atoms with van der Waals surface area (Å²) in [6, 6.07) is 7.82. The predicted octanol–water partition coefficient (Wildman–Crippen LogP) is 3.82. The number of nitrogens with zero attached hydrogens (tertiary/aromatic N) is 1. The minimum absolute atomic E-state index is 0.0199. The quantitative estimate of drug-likeness (QED) is 0.876. The van der Waals surface area contributed by atoms with E-state index in [1.165, 1.54) is 18.3 Å². The number of nitrogens with one attached hydrogen (secondary N) is 1. The molecule has 0 saturated carbocycles. The third-order valence-corrected chi connectivity index (χ3v) is 4.09. The maximum atomic E-state index is 11.6. The molecule has 0 atom stereocenters. The molecule has 0 aliphatic carbocycles. The highest BCUT2D eigenvalue weighted by atomic mass is 79.9. The van der Waals surface area contributed by atoms with Gasteiger partial charge in [0.2, 0.25) is 0 Å². The van der Waals surface area contributed by atoms with Crippen molar-refractivity contribution < 1.29 is 4.79 Å². The van der Waals surface area contributed by atoms with Gasteiger partial charge in [0, 0.05) is 24.0 Å². The van der Waals surface area contributed by atoms with Gasteiger partial charge >= 0.3 is 0 Å². The number of ketones is 1. The zero-order valence-corrected chi connectivity index (χ0v) is 11.9. The van der Waals surface area contributed by atoms with E-state index in [1.807, 2.05) is 24.3 Å². The Kier molecular flexibility index (Phi) is 3.59. The van der Waals surface area contributed by atoms with E-state index in [-0.39, 0.29) is 5.78 Å². The van der Waals surface area contributed by atoms with Crippen LogP contribution < -0.4 is 5.32 Å². The van der Waals surface area contributed by atoms with Crippen LogP contribution in [0.1, 0.15) is 17.4 Å². The second kappa shape index (κ2) is 4.98. The van der Waals surface area contributed by atoms with Gasteiger partial charge in [-0.25, -0.2) is 4.98 Å². The normalized spacial score (nSPS) is 10.3. The molecule has 0 saturated heterocycles. The summed E-state index contributed by atoms with van der Waals surface area (Å²) in [5.41, 5.74) is 1.52. The second-order valence-electron chi connectivity index (χ2n) is 3.48. The number of carbonyl (C=O) groups is 1. The molecule has 0 radical (unpaired) electrons. The van der Waals surface area contributed by atoms with E-state index >= 15 is 0 Å². The first kappa shape index (κ1) is 12.3. The lowest BCUT2D eigenvalue weighted by atomic mass is 10.1. The summed E-state index contributed by atoms with van der Waals surface area (Å²) in [7, 11) is 1.80. The van der Waals surface area contributed by atoms with Gasteiger partial charge in [0.15, 0.2) is 10.9 Å². The van der Waals surface area contributed by atoms with Gasteiger partial charge in [-0.05, 0) is 6.07 Å². The average Bonchev–Trinajstić information content (AvgIpc) is 2.73. The van der Waals surface area contributed by atoms with Crippen LogP contribution in [0.3, 0.4) is 0 Å². The largest absolute Gasteiger partial charge is 0.365 e. The Morgan fingerprint density at radius 3 is 2.71 bits per heavy atom. The summed E-state index contributed by atoms with van der Waals surface area (Å²) < 4.78 is 0.966. The van der Waals surface area contributed by atoms with Crippen molar-refractivity contribution in [3.8, 4) is 10.4 Å². The monoisotopic (exact) mass is 310 g/mol. The number of hydrogen-bond donors (Lipinski definition) is 1. The molecule has 1 N–H and O–H groups in total. The molecule has 0 amide bonds. The van der Waals surface area contributed by atoms with E-state index in [0.29, 0.717) is 5.69 Å². The molecular formula is C12H11BrN2OS. The first-order valence-electron chi connectivity index (χ1n) is 5.08. The molecule has 0 bridgehead atoms. The van der Waals surface area contributed by atoms with Crippen molar-refractivity contribution in [2.24, 2.45) is 0 Å². The smallest absolute Gasteiger partial charge is 0.183 e. The van der Waals surface area contributed by atoms with E-state index < -0.39 is 0 Å². The van der Waals surface area contributed by atoms with Crippen LogP contribution in [0.5, 0.6) is 0 Å². The summed E-state index contributed by atoms with van der Waals surface area (Å²) in [6.07, 6.45) is 0. The summed E-state index contributed by atoms with van der Waals surface area (Å²) in [4.78, 5) is 16.8. The number of rotatable bonds is 3. The van der Waals surface area contributed by atoms with Crippen LogP contribution >= 0.6 is 27.3 Å². The maximum absolute atomic E-state index is 11.6. The molecule has 0 unspecified atom stereocenters. The van der Waals surface area contributed by atoms with Crippen molar-refractivity contribution in [1.29, 1.82) is 0 Å². The van der Waals surface area contributed by atoms with Gasteiger partial charge < -0.3 is 5.32 Å². The number of halogens is 1. The van der Waals surface area contributed by atoms with Crippen LogP contribution in [-0.2, 0) is 0 Å². The third kappa shape index (κ3) is 2.40. The highest BCUT2D eigenvalue weighted by molar-refractivity contribution is 9.10. The molecule has 88 valence electrons. The summed E-state index contributed by atoms with van der Waals surface area (Å²) in [6.45, 7) is 1.54. The van der Waals surface area contributed by atoms with Gasteiger partial charge in [-0.3, -0.25) is 4.79 Å². The molecule has 1 aromatic carbocycles. The molecule has 2 rings (SSSR count). The van der Waals surface area contributed by atoms with E-state index in [0.717, 1.165) is 20.0 Å². The van der Waals surface area contributed by atoms with E-state index in [4.69, 9.17) is 0 Å². The van der Waals surface area contributed by atoms with Gasteiger partial charge in [0.05, 0.1) is 4.88 Å². The average molecular weight is 311 g/mol. The van der Waals surface area contributed by atoms with Crippen molar-refractivity contribution in [3.63, 3.8) is 0 Å². The van der Waals surface area contributed by atoms with Crippen molar-refractivity contribution >= 4 is 38.2 Å².